The molecule has 1 aromatic heterocycles. The van der Waals surface area contributed by atoms with Crippen molar-refractivity contribution >= 4 is 17.3 Å². The molecule has 0 radical (unpaired) electrons. The lowest BCUT2D eigenvalue weighted by atomic mass is 9.87. The largest absolute Gasteiger partial charge is 0.394 e. The van der Waals surface area contributed by atoms with E-state index < -0.39 is 5.54 Å². The van der Waals surface area contributed by atoms with Crippen molar-refractivity contribution in [1.82, 2.24) is 9.88 Å². The summed E-state index contributed by atoms with van der Waals surface area (Å²) in [7, 11) is 2.17. The molecule has 1 saturated heterocycles. The highest BCUT2D eigenvalue weighted by Crippen LogP contribution is 2.26. The van der Waals surface area contributed by atoms with Gasteiger partial charge in [0.1, 0.15) is 0 Å². The van der Waals surface area contributed by atoms with E-state index >= 15 is 0 Å². The van der Waals surface area contributed by atoms with E-state index in [4.69, 9.17) is 21.6 Å². The van der Waals surface area contributed by atoms with E-state index in [1.165, 1.54) is 11.1 Å². The number of hydrogen-bond acceptors (Lipinski definition) is 4. The topological polar surface area (TPSA) is 48.7 Å². The second kappa shape index (κ2) is 9.84. The molecule has 2 aromatic rings. The van der Waals surface area contributed by atoms with Crippen molar-refractivity contribution in [2.24, 2.45) is 10.9 Å². The van der Waals surface area contributed by atoms with Gasteiger partial charge >= 0.3 is 0 Å². The van der Waals surface area contributed by atoms with Crippen LogP contribution in [0.25, 0.3) is 0 Å². The Labute approximate surface area is 179 Å². The van der Waals surface area contributed by atoms with Gasteiger partial charge in [-0.3, -0.25) is 9.98 Å². The molecular weight excluding hydrogens is 382 g/mol. The van der Waals surface area contributed by atoms with Gasteiger partial charge in [0.25, 0.3) is 0 Å². The van der Waals surface area contributed by atoms with Gasteiger partial charge in [-0.2, -0.15) is 0 Å². The smallest absolute Gasteiger partial charge is 0.0875 e. The summed E-state index contributed by atoms with van der Waals surface area (Å²) < 4.78 is 0. The van der Waals surface area contributed by atoms with Crippen LogP contribution in [0.5, 0.6) is 0 Å². The maximum absolute atomic E-state index is 9.83. The van der Waals surface area contributed by atoms with E-state index in [1.807, 2.05) is 44.3 Å². The van der Waals surface area contributed by atoms with Gasteiger partial charge in [0.15, 0.2) is 0 Å². The van der Waals surface area contributed by atoms with Gasteiger partial charge < -0.3 is 10.0 Å². The molecule has 1 aromatic carbocycles. The van der Waals surface area contributed by atoms with E-state index in [2.05, 4.69) is 24.1 Å². The van der Waals surface area contributed by atoms with Crippen molar-refractivity contribution < 1.29 is 5.11 Å². The third kappa shape index (κ3) is 6.11. The van der Waals surface area contributed by atoms with Gasteiger partial charge in [0, 0.05) is 17.1 Å². The molecule has 0 amide bonds. The van der Waals surface area contributed by atoms with Crippen molar-refractivity contribution in [2.45, 2.75) is 45.1 Å². The molecule has 0 aliphatic carbocycles. The van der Waals surface area contributed by atoms with Crippen LogP contribution in [0.1, 0.15) is 43.5 Å². The Morgan fingerprint density at radius 1 is 1.21 bits per heavy atom. The zero-order valence-electron chi connectivity index (χ0n) is 17.7. The van der Waals surface area contributed by atoms with Crippen molar-refractivity contribution in [1.29, 1.82) is 0 Å². The van der Waals surface area contributed by atoms with Crippen molar-refractivity contribution in [3.63, 3.8) is 0 Å². The number of aliphatic hydroxyl groups is 1. The fourth-order valence-electron chi connectivity index (χ4n) is 3.82. The summed E-state index contributed by atoms with van der Waals surface area (Å²) in [6.45, 7) is 6.11. The first kappa shape index (κ1) is 21.9. The van der Waals surface area contributed by atoms with E-state index in [0.717, 1.165) is 55.2 Å². The van der Waals surface area contributed by atoms with Gasteiger partial charge in [0.05, 0.1) is 23.6 Å². The summed E-state index contributed by atoms with van der Waals surface area (Å²) in [5.74, 6) is 0.372. The number of piperidine rings is 1. The van der Waals surface area contributed by atoms with Crippen molar-refractivity contribution in [3.8, 4) is 0 Å². The van der Waals surface area contributed by atoms with Crippen LogP contribution in [0, 0.1) is 5.92 Å². The first-order valence-electron chi connectivity index (χ1n) is 10.5. The molecule has 29 heavy (non-hydrogen) atoms. The molecule has 1 aliphatic heterocycles. The molecule has 156 valence electrons. The van der Waals surface area contributed by atoms with Gasteiger partial charge in [-0.15, -0.1) is 0 Å². The zero-order chi connectivity index (χ0) is 20.9. The SMILES string of the molecule is CN1CCC(C(=NC(C)(C)CO)c2ncccc2CCc2cccc(Cl)c2)CC1. The van der Waals surface area contributed by atoms with Crippen molar-refractivity contribution in [2.75, 3.05) is 26.7 Å². The number of benzene rings is 1. The van der Waals surface area contributed by atoms with Crippen molar-refractivity contribution in [3.05, 3.63) is 64.4 Å². The summed E-state index contributed by atoms with van der Waals surface area (Å²) in [5, 5.41) is 10.6. The molecule has 2 heterocycles. The minimum absolute atomic E-state index is 0.0216. The van der Waals surface area contributed by atoms with Gasteiger partial charge in [-0.1, -0.05) is 29.8 Å². The summed E-state index contributed by atoms with van der Waals surface area (Å²) >= 11 is 6.15. The number of halogens is 1. The number of aryl methyl sites for hydroxylation is 2. The Morgan fingerprint density at radius 2 is 1.97 bits per heavy atom. The number of likely N-dealkylation sites (tertiary alicyclic amines) is 1. The predicted octanol–water partition coefficient (Wildman–Crippen LogP) is 4.42. The molecule has 3 rings (SSSR count). The Morgan fingerprint density at radius 3 is 2.66 bits per heavy atom. The van der Waals surface area contributed by atoms with E-state index in [1.54, 1.807) is 0 Å². The summed E-state index contributed by atoms with van der Waals surface area (Å²) in [6.07, 6.45) is 5.79. The first-order chi connectivity index (χ1) is 13.9. The summed E-state index contributed by atoms with van der Waals surface area (Å²) in [5.41, 5.74) is 3.96. The highest BCUT2D eigenvalue weighted by Gasteiger charge is 2.28. The molecule has 0 bridgehead atoms. The molecule has 5 heteroatoms. The minimum Gasteiger partial charge on any atom is -0.394 e. The summed E-state index contributed by atoms with van der Waals surface area (Å²) in [4.78, 5) is 12.2. The molecule has 1 fully saturated rings. The van der Waals surface area contributed by atoms with Crippen LogP contribution in [-0.4, -0.2) is 53.0 Å². The molecule has 1 N–H and O–H groups in total. The molecule has 4 nitrogen and oxygen atoms in total. The number of hydrogen-bond donors (Lipinski definition) is 1. The molecule has 0 atom stereocenters. The maximum atomic E-state index is 9.83. The monoisotopic (exact) mass is 413 g/mol. The van der Waals surface area contributed by atoms with Gasteiger partial charge in [-0.05, 0) is 89.0 Å². The Bertz CT molecular complexity index is 842. The fourth-order valence-corrected chi connectivity index (χ4v) is 4.04. The number of pyridine rings is 1. The highest BCUT2D eigenvalue weighted by molar-refractivity contribution is 6.30. The van der Waals surface area contributed by atoms with Crippen LogP contribution in [-0.2, 0) is 12.8 Å². The van der Waals surface area contributed by atoms with Crippen LogP contribution >= 0.6 is 11.6 Å². The Balaban J connectivity index is 1.91. The normalized spacial score (nSPS) is 16.9. The third-order valence-electron chi connectivity index (χ3n) is 5.62. The third-order valence-corrected chi connectivity index (χ3v) is 5.86. The number of rotatable bonds is 7. The number of aliphatic hydroxyl groups excluding tert-OH is 1. The Kier molecular flexibility index (Phi) is 7.44. The lowest BCUT2D eigenvalue weighted by Gasteiger charge is -2.32. The number of nitrogens with zero attached hydrogens (tertiary/aromatic N) is 3. The molecular formula is C24H32ClN3O. The highest BCUT2D eigenvalue weighted by atomic mass is 35.5. The Hall–Kier alpha value is -1.75. The standard InChI is InChI=1S/C24H32ClN3O/c1-24(2,17-29)27-23(20-11-14-28(3)15-12-20)22-19(7-5-13-26-22)10-9-18-6-4-8-21(25)16-18/h4-8,13,16,20,29H,9-12,14-15,17H2,1-3H3. The molecule has 0 saturated carbocycles. The summed E-state index contributed by atoms with van der Waals surface area (Å²) in [6, 6.07) is 12.2. The number of aliphatic imine (C=N–C) groups is 1. The van der Waals surface area contributed by atoms with Crippen LogP contribution in [0.3, 0.4) is 0 Å². The number of aromatic nitrogens is 1. The van der Waals surface area contributed by atoms with E-state index in [9.17, 15) is 5.11 Å². The van der Waals surface area contributed by atoms with Gasteiger partial charge in [0.2, 0.25) is 0 Å². The molecule has 0 spiro atoms. The van der Waals surface area contributed by atoms with Crippen LogP contribution in [0.15, 0.2) is 47.6 Å². The minimum atomic E-state index is -0.513. The lowest BCUT2D eigenvalue weighted by Crippen LogP contribution is -2.36. The van der Waals surface area contributed by atoms with Crippen LogP contribution in [0.4, 0.5) is 0 Å². The first-order valence-corrected chi connectivity index (χ1v) is 10.8. The zero-order valence-corrected chi connectivity index (χ0v) is 18.5. The average Bonchev–Trinajstić information content (AvgIpc) is 2.72. The van der Waals surface area contributed by atoms with Gasteiger partial charge in [-0.25, -0.2) is 0 Å². The maximum Gasteiger partial charge on any atom is 0.0875 e. The van der Waals surface area contributed by atoms with Crippen LogP contribution < -0.4 is 0 Å². The van der Waals surface area contributed by atoms with E-state index in [-0.39, 0.29) is 6.61 Å². The quantitative estimate of drug-likeness (QED) is 0.683. The molecule has 0 unspecified atom stereocenters. The van der Waals surface area contributed by atoms with Crippen LogP contribution in [0.2, 0.25) is 5.02 Å². The second-order valence-corrected chi connectivity index (χ2v) is 9.12. The second-order valence-electron chi connectivity index (χ2n) is 8.69. The average molecular weight is 414 g/mol. The van der Waals surface area contributed by atoms with E-state index in [0.29, 0.717) is 5.92 Å². The predicted molar refractivity (Wildman–Crippen MR) is 121 cm³/mol. The molecule has 1 aliphatic rings. The lowest BCUT2D eigenvalue weighted by molar-refractivity contribution is 0.220. The fraction of sp³-hybridized carbons (Fsp3) is 0.500.